The molecule has 9 heteroatoms. The number of aliphatic hydroxyl groups excluding tert-OH is 1. The highest BCUT2D eigenvalue weighted by Gasteiger charge is 2.55. The molecule has 1 saturated heterocycles. The Labute approximate surface area is 246 Å². The first kappa shape index (κ1) is 28.0. The smallest absolute Gasteiger partial charge is 0.255 e. The molecule has 3 aromatic carbocycles. The van der Waals surface area contributed by atoms with Gasteiger partial charge in [0.25, 0.3) is 5.91 Å². The second kappa shape index (κ2) is 12.3. The number of carbonyl (C=O) groups is 1. The number of nitrogens with zero attached hydrogens (tertiary/aromatic N) is 2. The molecule has 2 aliphatic heterocycles. The summed E-state index contributed by atoms with van der Waals surface area (Å²) in [4.78, 5) is 21.4. The summed E-state index contributed by atoms with van der Waals surface area (Å²) in [5, 5.41) is 9.94. The van der Waals surface area contributed by atoms with Crippen molar-refractivity contribution in [3.63, 3.8) is 0 Å². The molecule has 39 heavy (non-hydrogen) atoms. The summed E-state index contributed by atoms with van der Waals surface area (Å²) in [6.07, 6.45) is 2.06. The zero-order chi connectivity index (χ0) is 27.4. The summed E-state index contributed by atoms with van der Waals surface area (Å²) in [6.45, 7) is 1.87. The highest BCUT2D eigenvalue weighted by molar-refractivity contribution is 9.10. The third kappa shape index (κ3) is 6.12. The largest absolute Gasteiger partial charge is 0.494 e. The first-order valence-electron chi connectivity index (χ1n) is 13.0. The zero-order valence-electron chi connectivity index (χ0n) is 21.3. The molecule has 0 aromatic heterocycles. The molecule has 2 aliphatic rings. The molecule has 0 spiro atoms. The maximum Gasteiger partial charge on any atom is 0.255 e. The van der Waals surface area contributed by atoms with Gasteiger partial charge in [-0.25, -0.2) is 4.99 Å². The average molecular weight is 632 g/mol. The number of amides is 1. The molecule has 6 nitrogen and oxygen atoms in total. The van der Waals surface area contributed by atoms with E-state index < -0.39 is 11.6 Å². The molecule has 0 unspecified atom stereocenters. The van der Waals surface area contributed by atoms with E-state index in [0.29, 0.717) is 59.8 Å². The van der Waals surface area contributed by atoms with Gasteiger partial charge in [-0.3, -0.25) is 4.79 Å². The van der Waals surface area contributed by atoms with Gasteiger partial charge < -0.3 is 19.5 Å². The van der Waals surface area contributed by atoms with E-state index in [4.69, 9.17) is 42.8 Å². The van der Waals surface area contributed by atoms with Crippen molar-refractivity contribution >= 4 is 50.9 Å². The first-order chi connectivity index (χ1) is 18.9. The molecule has 2 heterocycles. The van der Waals surface area contributed by atoms with Crippen molar-refractivity contribution in [1.82, 2.24) is 4.90 Å². The van der Waals surface area contributed by atoms with E-state index in [2.05, 4.69) is 15.9 Å². The van der Waals surface area contributed by atoms with E-state index in [1.807, 2.05) is 59.5 Å². The van der Waals surface area contributed by atoms with E-state index in [1.54, 1.807) is 12.1 Å². The van der Waals surface area contributed by atoms with Crippen LogP contribution in [0.3, 0.4) is 0 Å². The number of hydrogen-bond acceptors (Lipinski definition) is 5. The second-order valence-corrected chi connectivity index (χ2v) is 11.5. The summed E-state index contributed by atoms with van der Waals surface area (Å²) in [5.74, 6) is 0.979. The van der Waals surface area contributed by atoms with Gasteiger partial charge in [0.05, 0.1) is 6.61 Å². The van der Waals surface area contributed by atoms with Crippen LogP contribution < -0.4 is 4.74 Å². The molecule has 0 bridgehead atoms. The minimum atomic E-state index is -1.26. The number of ether oxygens (including phenoxy) is 2. The number of aliphatic imine (C=N–C) groups is 1. The lowest BCUT2D eigenvalue weighted by Gasteiger charge is -2.34. The van der Waals surface area contributed by atoms with Crippen molar-refractivity contribution in [2.45, 2.75) is 37.3 Å². The standard InChI is InChI=1S/C30H29BrCl2N2O4/c31-22-8-4-20(5-9-22)19-30(29(37)35-14-1-2-15-35)27(25-13-10-23(32)18-26(25)33)39-28(34-30)21-6-11-24(12-7-21)38-17-3-16-36/h4-13,18,27,36H,1-3,14-17,19H2/t27-,30-/m1/s1. The van der Waals surface area contributed by atoms with Crippen LogP contribution in [0, 0.1) is 0 Å². The second-order valence-electron chi connectivity index (χ2n) is 9.76. The molecule has 5 rings (SSSR count). The lowest BCUT2D eigenvalue weighted by molar-refractivity contribution is -0.138. The fourth-order valence-corrected chi connectivity index (χ4v) is 5.84. The Balaban J connectivity index is 1.60. The van der Waals surface area contributed by atoms with Gasteiger partial charge in [-0.05, 0) is 66.9 Å². The molecule has 3 aromatic rings. The highest BCUT2D eigenvalue weighted by Crippen LogP contribution is 2.46. The Kier molecular flexibility index (Phi) is 8.82. The quantitative estimate of drug-likeness (QED) is 0.269. The molecular weight excluding hydrogens is 603 g/mol. The fourth-order valence-electron chi connectivity index (χ4n) is 5.07. The molecule has 204 valence electrons. The van der Waals surface area contributed by atoms with Gasteiger partial charge >= 0.3 is 0 Å². The zero-order valence-corrected chi connectivity index (χ0v) is 24.4. The number of likely N-dealkylation sites (tertiary alicyclic amines) is 1. The number of halogens is 3. The van der Waals surface area contributed by atoms with Crippen LogP contribution in [0.25, 0.3) is 0 Å². The molecule has 0 radical (unpaired) electrons. The van der Waals surface area contributed by atoms with Crippen molar-refractivity contribution < 1.29 is 19.4 Å². The first-order valence-corrected chi connectivity index (χ1v) is 14.5. The lowest BCUT2D eigenvalue weighted by Crippen LogP contribution is -2.51. The van der Waals surface area contributed by atoms with Crippen molar-refractivity contribution in [3.8, 4) is 5.75 Å². The fraction of sp³-hybridized carbons (Fsp3) is 0.333. The molecule has 0 saturated carbocycles. The minimum Gasteiger partial charge on any atom is -0.494 e. The monoisotopic (exact) mass is 630 g/mol. The van der Waals surface area contributed by atoms with Gasteiger partial charge in [0.2, 0.25) is 5.90 Å². The Morgan fingerprint density at radius 1 is 1.08 bits per heavy atom. The summed E-state index contributed by atoms with van der Waals surface area (Å²) in [5.41, 5.74) is 1.09. The number of rotatable bonds is 9. The Hall–Kier alpha value is -2.58. The predicted molar refractivity (Wildman–Crippen MR) is 157 cm³/mol. The van der Waals surface area contributed by atoms with Gasteiger partial charge in [0.15, 0.2) is 11.6 Å². The van der Waals surface area contributed by atoms with Gasteiger partial charge in [0, 0.05) is 58.2 Å². The van der Waals surface area contributed by atoms with E-state index in [9.17, 15) is 4.79 Å². The van der Waals surface area contributed by atoms with Gasteiger partial charge in [0.1, 0.15) is 5.75 Å². The molecule has 1 fully saturated rings. The molecule has 1 amide bonds. The van der Waals surface area contributed by atoms with E-state index in [1.165, 1.54) is 0 Å². The molecular formula is C30H29BrCl2N2O4. The minimum absolute atomic E-state index is 0.0714. The highest BCUT2D eigenvalue weighted by atomic mass is 79.9. The Morgan fingerprint density at radius 3 is 2.46 bits per heavy atom. The number of benzene rings is 3. The van der Waals surface area contributed by atoms with E-state index in [0.717, 1.165) is 28.4 Å². The van der Waals surface area contributed by atoms with Crippen molar-refractivity contribution in [2.24, 2.45) is 4.99 Å². The predicted octanol–water partition coefficient (Wildman–Crippen LogP) is 6.64. The van der Waals surface area contributed by atoms with Crippen molar-refractivity contribution in [3.05, 3.63) is 97.9 Å². The number of hydrogen-bond donors (Lipinski definition) is 1. The number of aliphatic hydroxyl groups is 1. The third-order valence-corrected chi connectivity index (χ3v) is 8.12. The Morgan fingerprint density at radius 2 is 1.79 bits per heavy atom. The third-order valence-electron chi connectivity index (χ3n) is 7.03. The van der Waals surface area contributed by atoms with Crippen LogP contribution in [-0.2, 0) is 16.0 Å². The molecule has 2 atom stereocenters. The van der Waals surface area contributed by atoms with E-state index >= 15 is 0 Å². The van der Waals surface area contributed by atoms with Crippen LogP contribution in [0.15, 0.2) is 76.2 Å². The van der Waals surface area contributed by atoms with Crippen molar-refractivity contribution in [1.29, 1.82) is 0 Å². The average Bonchev–Trinajstić information content (AvgIpc) is 3.60. The van der Waals surface area contributed by atoms with Crippen LogP contribution in [0.2, 0.25) is 10.0 Å². The Bertz CT molecular complexity index is 1340. The normalized spacial score (nSPS) is 20.6. The topological polar surface area (TPSA) is 71.4 Å². The van der Waals surface area contributed by atoms with Gasteiger partial charge in [-0.1, -0.05) is 57.3 Å². The summed E-state index contributed by atoms with van der Waals surface area (Å²) in [6, 6.07) is 20.6. The maximum atomic E-state index is 14.4. The molecule has 0 aliphatic carbocycles. The van der Waals surface area contributed by atoms with E-state index in [-0.39, 0.29) is 12.5 Å². The van der Waals surface area contributed by atoms with Crippen LogP contribution in [0.4, 0.5) is 0 Å². The van der Waals surface area contributed by atoms with Crippen LogP contribution in [0.1, 0.15) is 42.1 Å². The van der Waals surface area contributed by atoms with Crippen LogP contribution in [0.5, 0.6) is 5.75 Å². The summed E-state index contributed by atoms with van der Waals surface area (Å²) in [7, 11) is 0. The SMILES string of the molecule is O=C(N1CCCC1)[C@]1(Cc2ccc(Br)cc2)N=C(c2ccc(OCCCO)cc2)O[C@@H]1c1ccc(Cl)cc1Cl. The van der Waals surface area contributed by atoms with Gasteiger partial charge in [-0.2, -0.15) is 0 Å². The molecule has 1 N–H and O–H groups in total. The van der Waals surface area contributed by atoms with Gasteiger partial charge in [-0.15, -0.1) is 0 Å². The van der Waals surface area contributed by atoms with Crippen LogP contribution in [-0.4, -0.2) is 53.7 Å². The number of carbonyl (C=O) groups excluding carboxylic acids is 1. The lowest BCUT2D eigenvalue weighted by atomic mass is 9.81. The maximum absolute atomic E-state index is 14.4. The summed E-state index contributed by atoms with van der Waals surface area (Å²) < 4.78 is 13.2. The van der Waals surface area contributed by atoms with Crippen LogP contribution >= 0.6 is 39.1 Å². The summed E-state index contributed by atoms with van der Waals surface area (Å²) >= 11 is 16.5. The van der Waals surface area contributed by atoms with Crippen molar-refractivity contribution in [2.75, 3.05) is 26.3 Å².